The van der Waals surface area contributed by atoms with Gasteiger partial charge in [0, 0.05) is 89.1 Å². The zero-order valence-electron chi connectivity index (χ0n) is 92.1. The van der Waals surface area contributed by atoms with E-state index in [1.54, 1.807) is 21.3 Å². The molecular weight excluding hydrogens is 1790 g/mol. The molecule has 5 aromatic rings. The van der Waals surface area contributed by atoms with Crippen LogP contribution in [-0.2, 0) is 55.0 Å². The average molecular weight is 1980 g/mol. The predicted molar refractivity (Wildman–Crippen MR) is 576 cm³/mol. The summed E-state index contributed by atoms with van der Waals surface area (Å²) in [6, 6.07) is 39.4. The summed E-state index contributed by atoms with van der Waals surface area (Å²) >= 11 is 0. The van der Waals surface area contributed by atoms with E-state index < -0.39 is 22.2 Å². The Labute approximate surface area is 857 Å². The van der Waals surface area contributed by atoms with Crippen molar-refractivity contribution in [3.8, 4) is 28.7 Å². The first-order chi connectivity index (χ1) is 67.4. The SMILES string of the molecule is CCC(c1cccc(OC(=O)CC(CN)CC(C)C)c1)C(C)CN(C)C.CCC(c1cccc(OC(=O)CC2(CN)CCCCC2)c1)C(C)CN(C)C.COc1cccc(C2(O)CC(OC(=O)C3(CN)CCCCC3)CCC2CN(C)C)c1.COc1cccc(C2(O)CC(OC(=O)CC(CN)CC(C)C)CCC2CN(C)C)c1.COc1cccc(C2(OC(=O)CC(CN)CC(C)C)CCCCC2CN(C)C)c1. The molecule has 12 N–H and O–H groups in total. The van der Waals surface area contributed by atoms with Crippen molar-refractivity contribution in [2.75, 3.05) is 157 Å². The molecule has 5 aliphatic carbocycles. The lowest BCUT2D eigenvalue weighted by Gasteiger charge is -2.45. The van der Waals surface area contributed by atoms with Gasteiger partial charge >= 0.3 is 29.8 Å². The van der Waals surface area contributed by atoms with Crippen LogP contribution in [0.25, 0.3) is 0 Å². The highest BCUT2D eigenvalue weighted by molar-refractivity contribution is 5.78. The molecule has 5 aromatic carbocycles. The number of ether oxygens (including phenoxy) is 8. The van der Waals surface area contributed by atoms with E-state index in [0.29, 0.717) is 136 Å². The Kier molecular flexibility index (Phi) is 53.6. The topological polar surface area (TPSA) is 346 Å². The molecule has 0 aliphatic heterocycles. The Hall–Kier alpha value is -7.63. The molecule has 0 spiro atoms. The molecule has 0 aromatic heterocycles. The van der Waals surface area contributed by atoms with E-state index >= 15 is 0 Å². The van der Waals surface area contributed by atoms with Gasteiger partial charge in [-0.15, -0.1) is 0 Å². The standard InChI is InChI=1S/C24H38N2O4.C24H40N2O4.C24H40N2O3.C23H38N2O2.C22H38N2O2/c1-26(2)16-19-10-11-21(30-22(27)23(17-25)12-5-4-6-13-23)15-24(19,28)18-8-7-9-20(14-18)29-3;1-17(2)11-18(15-25)12-23(27)30-22-10-9-20(16-26(3)4)24(28,14-22)19-7-6-8-21(13-19)29-5;1-18(2)13-19(16-25)14-23(27)29-24(20-10-8-11-22(15-20)28-5)12-7-6-9-21(24)17-26(3)4;1-5-21(18(2)16-25(3)4)19-10-9-11-20(14-19)27-22(26)15-23(17-24)12-7-6-8-13-23;1-7-21(17(4)15-24(5)6)19-9-8-10-20(13-19)26-22(25)12-18(14-23)11-16(2)3/h7-9,14,19,21,28H,4-6,10-13,15-17,25H2,1-3H3;6-8,13,17-18,20,22,28H,9-12,14-16,25H2,1-5H3;8,10-11,15,18-19,21H,6-7,9,12-14,16-17,25H2,1-5H3;9-11,14,18,21H,5-8,12-13,15-17,24H2,1-4H3;8-10,13,16-18,21H,7,11-12,14-15,23H2,1-6H3. The lowest BCUT2D eigenvalue weighted by Crippen LogP contribution is -2.49. The predicted octanol–water partition coefficient (Wildman–Crippen LogP) is 19.3. The van der Waals surface area contributed by atoms with E-state index in [4.69, 9.17) is 66.6 Å². The molecule has 0 amide bonds. The Balaban J connectivity index is 0.000000272. The van der Waals surface area contributed by atoms with E-state index in [9.17, 15) is 34.2 Å². The van der Waals surface area contributed by atoms with Gasteiger partial charge in [0.05, 0.1) is 44.4 Å². The quantitative estimate of drug-likeness (QED) is 0.0108. The van der Waals surface area contributed by atoms with E-state index in [0.717, 1.165) is 177 Å². The van der Waals surface area contributed by atoms with Gasteiger partial charge in [-0.1, -0.05) is 175 Å². The third kappa shape index (κ3) is 39.5. The molecule has 0 radical (unpaired) electrons. The highest BCUT2D eigenvalue weighted by Gasteiger charge is 2.51. The maximum Gasteiger partial charge on any atom is 0.313 e. The molecular formula is C117H194N10O15. The second kappa shape index (κ2) is 61.9. The van der Waals surface area contributed by atoms with Crippen molar-refractivity contribution in [2.45, 2.75) is 296 Å². The second-order valence-corrected chi connectivity index (χ2v) is 45.1. The normalized spacial score (nSPS) is 22.6. The first-order valence-corrected chi connectivity index (χ1v) is 53.8. The molecule has 0 heterocycles. The van der Waals surface area contributed by atoms with Gasteiger partial charge in [0.1, 0.15) is 46.6 Å². The van der Waals surface area contributed by atoms with Crippen molar-refractivity contribution in [3.63, 3.8) is 0 Å². The van der Waals surface area contributed by atoms with Gasteiger partial charge in [-0.2, -0.15) is 0 Å². The zero-order valence-corrected chi connectivity index (χ0v) is 92.1. The number of esters is 5. The number of aliphatic hydroxyl groups is 2. The number of methoxy groups -OCH3 is 3. The summed E-state index contributed by atoms with van der Waals surface area (Å²) in [7, 11) is 25.6. The molecule has 0 saturated heterocycles. The van der Waals surface area contributed by atoms with Gasteiger partial charge in [-0.05, 0) is 352 Å². The Morgan fingerprint density at radius 3 is 1.16 bits per heavy atom. The summed E-state index contributed by atoms with van der Waals surface area (Å²) in [5.74, 6) is 7.05. The van der Waals surface area contributed by atoms with Crippen LogP contribution in [0.1, 0.15) is 295 Å². The number of nitrogens with zero attached hydrogens (tertiary/aromatic N) is 5. The first kappa shape index (κ1) is 123. The molecule has 142 heavy (non-hydrogen) atoms. The van der Waals surface area contributed by atoms with Crippen molar-refractivity contribution >= 4 is 29.8 Å². The summed E-state index contributed by atoms with van der Waals surface area (Å²) in [4.78, 5) is 74.5. The number of hydrogen-bond acceptors (Lipinski definition) is 25. The van der Waals surface area contributed by atoms with Crippen molar-refractivity contribution in [1.29, 1.82) is 0 Å². The van der Waals surface area contributed by atoms with Crippen LogP contribution in [0.4, 0.5) is 0 Å². The number of carbonyl (C=O) groups excluding carboxylic acids is 5. The molecule has 10 rings (SSSR count). The van der Waals surface area contributed by atoms with Gasteiger partial charge in [0.25, 0.3) is 0 Å². The van der Waals surface area contributed by atoms with E-state index in [1.165, 1.54) is 36.8 Å². The van der Waals surface area contributed by atoms with Crippen molar-refractivity contribution in [3.05, 3.63) is 149 Å². The Bertz CT molecular complexity index is 4460. The third-order valence-electron chi connectivity index (χ3n) is 30.3. The highest BCUT2D eigenvalue weighted by Crippen LogP contribution is 2.50. The Morgan fingerprint density at radius 1 is 0.394 bits per heavy atom. The fraction of sp³-hybridized carbons (Fsp3) is 0.701. The first-order valence-electron chi connectivity index (χ1n) is 53.8. The summed E-state index contributed by atoms with van der Waals surface area (Å²) in [5, 5.41) is 23.7. The minimum absolute atomic E-state index is 0.0484. The Morgan fingerprint density at radius 2 is 0.768 bits per heavy atom. The maximum absolute atomic E-state index is 13.1. The van der Waals surface area contributed by atoms with E-state index in [2.05, 4.69) is 154 Å². The molecule has 5 aliphatic rings. The second-order valence-electron chi connectivity index (χ2n) is 45.1. The fourth-order valence-corrected chi connectivity index (χ4v) is 23.2. The molecule has 5 saturated carbocycles. The van der Waals surface area contributed by atoms with Gasteiger partial charge in [-0.25, -0.2) is 0 Å². The molecule has 0 bridgehead atoms. The smallest absolute Gasteiger partial charge is 0.313 e. The van der Waals surface area contributed by atoms with Crippen LogP contribution in [0.5, 0.6) is 28.7 Å². The third-order valence-corrected chi connectivity index (χ3v) is 30.3. The summed E-state index contributed by atoms with van der Waals surface area (Å²) in [6.45, 7) is 28.8. The van der Waals surface area contributed by atoms with Gasteiger partial charge in [0.15, 0.2) is 0 Å². The monoisotopic (exact) mass is 1980 g/mol. The van der Waals surface area contributed by atoms with Crippen LogP contribution in [0.3, 0.4) is 0 Å². The number of rotatable bonds is 47. The van der Waals surface area contributed by atoms with E-state index in [-0.39, 0.29) is 83.0 Å². The van der Waals surface area contributed by atoms with E-state index in [1.807, 2.05) is 131 Å². The van der Waals surface area contributed by atoms with Crippen LogP contribution >= 0.6 is 0 Å². The highest BCUT2D eigenvalue weighted by atomic mass is 16.6. The molecule has 25 heteroatoms. The maximum atomic E-state index is 13.1. The number of nitrogens with two attached hydrogens (primary N) is 5. The summed E-state index contributed by atoms with van der Waals surface area (Å²) in [5.41, 5.74) is 31.5. The zero-order chi connectivity index (χ0) is 105. The number of hydrogen-bond donors (Lipinski definition) is 7. The summed E-state index contributed by atoms with van der Waals surface area (Å²) < 4.78 is 45.9. The lowest BCUT2D eigenvalue weighted by atomic mass is 9.70. The van der Waals surface area contributed by atoms with Gasteiger partial charge < -0.3 is 101 Å². The minimum Gasteiger partial charge on any atom is -0.497 e. The van der Waals surface area contributed by atoms with Crippen molar-refractivity contribution < 1.29 is 72.1 Å². The number of carbonyl (C=O) groups is 5. The molecule has 15 unspecified atom stereocenters. The fourth-order valence-electron chi connectivity index (χ4n) is 23.2. The van der Waals surface area contributed by atoms with Gasteiger partial charge in [0.2, 0.25) is 0 Å². The lowest BCUT2D eigenvalue weighted by molar-refractivity contribution is -0.176. The number of benzene rings is 5. The minimum atomic E-state index is -1.08. The van der Waals surface area contributed by atoms with Crippen molar-refractivity contribution in [1.82, 2.24) is 24.5 Å². The molecule has 25 nitrogen and oxygen atoms in total. The largest absolute Gasteiger partial charge is 0.497 e. The summed E-state index contributed by atoms with van der Waals surface area (Å²) in [6.07, 6.45) is 24.4. The van der Waals surface area contributed by atoms with Crippen LogP contribution in [0.2, 0.25) is 0 Å². The average Bonchev–Trinajstić information content (AvgIpc) is 0.805. The van der Waals surface area contributed by atoms with Crippen LogP contribution in [0, 0.1) is 75.9 Å². The van der Waals surface area contributed by atoms with Crippen LogP contribution in [0.15, 0.2) is 121 Å². The molecule has 15 atom stereocenters. The van der Waals surface area contributed by atoms with Crippen LogP contribution in [-0.4, -0.2) is 234 Å². The molecule has 802 valence electrons. The van der Waals surface area contributed by atoms with Gasteiger partial charge in [-0.3, -0.25) is 24.0 Å². The van der Waals surface area contributed by atoms with Crippen LogP contribution < -0.4 is 52.4 Å². The molecule has 5 fully saturated rings. The van der Waals surface area contributed by atoms with Crippen molar-refractivity contribution in [2.24, 2.45) is 105 Å².